The van der Waals surface area contributed by atoms with Gasteiger partial charge in [-0.3, -0.25) is 4.40 Å². The zero-order chi connectivity index (χ0) is 19.9. The first-order valence-electron chi connectivity index (χ1n) is 7.59. The Morgan fingerprint density at radius 2 is 1.88 bits per heavy atom. The minimum atomic E-state index is -4.83. The Morgan fingerprint density at radius 3 is 2.38 bits per heavy atom. The normalized spacial score (nSPS) is 12.3. The fourth-order valence-corrected chi connectivity index (χ4v) is 2.39. The molecule has 0 atom stereocenters. The smallest absolute Gasteiger partial charge is 0.450 e. The molecule has 0 radical (unpaired) electrons. The van der Waals surface area contributed by atoms with Crippen molar-refractivity contribution in [2.24, 2.45) is 0 Å². The molecule has 2 aromatic rings. The average Bonchev–Trinajstić information content (AvgIpc) is 2.85. The number of aromatic nitrogens is 2. The quantitative estimate of drug-likeness (QED) is 0.860. The number of pyridine rings is 1. The van der Waals surface area contributed by atoms with Crippen LogP contribution in [0.15, 0.2) is 12.1 Å². The summed E-state index contributed by atoms with van der Waals surface area (Å²) in [5.41, 5.74) is -1.10. The van der Waals surface area contributed by atoms with Gasteiger partial charge < -0.3 is 15.2 Å². The van der Waals surface area contributed by atoms with Crippen molar-refractivity contribution in [2.45, 2.75) is 46.0 Å². The van der Waals surface area contributed by atoms with E-state index in [1.165, 1.54) is 19.1 Å². The number of aryl methyl sites for hydroxylation is 1. The first-order chi connectivity index (χ1) is 11.8. The number of aromatic carboxylic acids is 1. The topological polar surface area (TPSA) is 92.9 Å². The van der Waals surface area contributed by atoms with Gasteiger partial charge in [0.15, 0.2) is 5.69 Å². The molecule has 0 spiro atoms. The number of alkyl carbamates (subject to hydrolysis) is 1. The minimum Gasteiger partial charge on any atom is -0.476 e. The van der Waals surface area contributed by atoms with E-state index in [4.69, 9.17) is 9.84 Å². The van der Waals surface area contributed by atoms with Gasteiger partial charge in [0.25, 0.3) is 0 Å². The van der Waals surface area contributed by atoms with Gasteiger partial charge in [-0.15, -0.1) is 0 Å². The predicted molar refractivity (Wildman–Crippen MR) is 85.0 cm³/mol. The summed E-state index contributed by atoms with van der Waals surface area (Å²) in [6, 6.07) is 2.67. The molecule has 26 heavy (non-hydrogen) atoms. The molecule has 10 heteroatoms. The molecule has 0 unspecified atom stereocenters. The molecular weight excluding hydrogens is 355 g/mol. The second-order valence-electron chi connectivity index (χ2n) is 6.61. The standard InChI is InChI=1S/C16H18F3N3O4/c1-8-9(7-20-14(25)26-15(2,3)4)5-6-10-11(12(23)24)21-13(22(8)10)16(17,18)19/h5-6H,7H2,1-4H3,(H,20,25)(H,23,24). The van der Waals surface area contributed by atoms with E-state index >= 15 is 0 Å². The van der Waals surface area contributed by atoms with Crippen molar-refractivity contribution >= 4 is 17.6 Å². The molecule has 0 aliphatic rings. The van der Waals surface area contributed by atoms with E-state index < -0.39 is 35.4 Å². The SMILES string of the molecule is Cc1c(CNC(=O)OC(C)(C)C)ccc2c(C(=O)O)nc(C(F)(F)F)n12. The van der Waals surface area contributed by atoms with Crippen molar-refractivity contribution in [3.8, 4) is 0 Å². The van der Waals surface area contributed by atoms with Gasteiger partial charge in [-0.05, 0) is 39.3 Å². The number of nitrogens with zero attached hydrogens (tertiary/aromatic N) is 2. The van der Waals surface area contributed by atoms with Crippen LogP contribution >= 0.6 is 0 Å². The van der Waals surface area contributed by atoms with Crippen molar-refractivity contribution < 1.29 is 32.6 Å². The lowest BCUT2D eigenvalue weighted by Crippen LogP contribution is -2.32. The number of imidazole rings is 1. The van der Waals surface area contributed by atoms with Gasteiger partial charge in [-0.25, -0.2) is 14.6 Å². The number of alkyl halides is 3. The van der Waals surface area contributed by atoms with Crippen molar-refractivity contribution in [2.75, 3.05) is 0 Å². The highest BCUT2D eigenvalue weighted by atomic mass is 19.4. The number of halogens is 3. The van der Waals surface area contributed by atoms with Gasteiger partial charge in [-0.2, -0.15) is 13.2 Å². The number of amides is 1. The number of rotatable bonds is 3. The first-order valence-corrected chi connectivity index (χ1v) is 7.59. The Morgan fingerprint density at radius 1 is 1.27 bits per heavy atom. The molecule has 7 nitrogen and oxygen atoms in total. The molecule has 2 heterocycles. The molecule has 2 aromatic heterocycles. The molecule has 0 aliphatic carbocycles. The Labute approximate surface area is 146 Å². The number of hydrogen-bond acceptors (Lipinski definition) is 4. The van der Waals surface area contributed by atoms with E-state index in [0.717, 1.165) is 4.40 Å². The van der Waals surface area contributed by atoms with Crippen LogP contribution in [0.25, 0.3) is 5.52 Å². The van der Waals surface area contributed by atoms with Crippen LogP contribution < -0.4 is 5.32 Å². The van der Waals surface area contributed by atoms with Crippen LogP contribution in [0, 0.1) is 6.92 Å². The second kappa shape index (κ2) is 6.50. The molecular formula is C16H18F3N3O4. The van der Waals surface area contributed by atoms with Crippen molar-refractivity contribution in [3.05, 3.63) is 34.9 Å². The lowest BCUT2D eigenvalue weighted by atomic mass is 10.1. The zero-order valence-corrected chi connectivity index (χ0v) is 14.6. The monoisotopic (exact) mass is 373 g/mol. The molecule has 0 aliphatic heterocycles. The van der Waals surface area contributed by atoms with Gasteiger partial charge in [0, 0.05) is 12.2 Å². The lowest BCUT2D eigenvalue weighted by Gasteiger charge is -2.20. The third-order valence-electron chi connectivity index (χ3n) is 3.43. The van der Waals surface area contributed by atoms with Crippen molar-refractivity contribution in [1.82, 2.24) is 14.7 Å². The summed E-state index contributed by atoms with van der Waals surface area (Å²) in [6.45, 7) is 6.34. The summed E-state index contributed by atoms with van der Waals surface area (Å²) in [4.78, 5) is 26.1. The maximum atomic E-state index is 13.2. The maximum absolute atomic E-state index is 13.2. The molecule has 142 valence electrons. The van der Waals surface area contributed by atoms with Crippen LogP contribution in [0.5, 0.6) is 0 Å². The van der Waals surface area contributed by atoms with Gasteiger partial charge in [0.1, 0.15) is 5.60 Å². The Balaban J connectivity index is 2.44. The number of carbonyl (C=O) groups excluding carboxylic acids is 1. The minimum absolute atomic E-state index is 0.0887. The highest BCUT2D eigenvalue weighted by Gasteiger charge is 2.38. The summed E-state index contributed by atoms with van der Waals surface area (Å²) in [7, 11) is 0. The predicted octanol–water partition coefficient (Wildman–Crippen LogP) is 3.38. The Hall–Kier alpha value is -2.78. The van der Waals surface area contributed by atoms with Crippen LogP contribution in [-0.2, 0) is 17.5 Å². The van der Waals surface area contributed by atoms with E-state index in [-0.39, 0.29) is 17.8 Å². The summed E-state index contributed by atoms with van der Waals surface area (Å²) in [5, 5.41) is 11.5. The van der Waals surface area contributed by atoms with E-state index in [0.29, 0.717) is 5.56 Å². The third kappa shape index (κ3) is 4.06. The van der Waals surface area contributed by atoms with Gasteiger partial charge in [0.05, 0.1) is 5.52 Å². The van der Waals surface area contributed by atoms with Crippen LogP contribution in [0.2, 0.25) is 0 Å². The van der Waals surface area contributed by atoms with Crippen molar-refractivity contribution in [1.29, 1.82) is 0 Å². The summed E-state index contributed by atoms with van der Waals surface area (Å²) < 4.78 is 45.5. The van der Waals surface area contributed by atoms with Crippen LogP contribution in [-0.4, -0.2) is 32.2 Å². The maximum Gasteiger partial charge on any atom is 0.450 e. The summed E-state index contributed by atoms with van der Waals surface area (Å²) in [5.74, 6) is -2.89. The van der Waals surface area contributed by atoms with E-state index in [2.05, 4.69) is 10.3 Å². The van der Waals surface area contributed by atoms with Crippen LogP contribution in [0.4, 0.5) is 18.0 Å². The average molecular weight is 373 g/mol. The van der Waals surface area contributed by atoms with E-state index in [9.17, 15) is 22.8 Å². The summed E-state index contributed by atoms with van der Waals surface area (Å²) >= 11 is 0. The Kier molecular flexibility index (Phi) is 4.89. The van der Waals surface area contributed by atoms with Crippen LogP contribution in [0.1, 0.15) is 48.3 Å². The summed E-state index contributed by atoms with van der Waals surface area (Å²) in [6.07, 6.45) is -5.55. The fraction of sp³-hybridized carbons (Fsp3) is 0.438. The number of hydrogen-bond donors (Lipinski definition) is 2. The number of carbonyl (C=O) groups is 2. The molecule has 0 aromatic carbocycles. The van der Waals surface area contributed by atoms with Crippen molar-refractivity contribution in [3.63, 3.8) is 0 Å². The number of ether oxygens (including phenoxy) is 1. The van der Waals surface area contributed by atoms with Gasteiger partial charge >= 0.3 is 18.2 Å². The third-order valence-corrected chi connectivity index (χ3v) is 3.43. The lowest BCUT2D eigenvalue weighted by molar-refractivity contribution is -0.145. The Bertz CT molecular complexity index is 866. The number of fused-ring (bicyclic) bond motifs is 1. The molecule has 2 N–H and O–H groups in total. The number of carboxylic acids is 1. The van der Waals surface area contributed by atoms with Crippen LogP contribution in [0.3, 0.4) is 0 Å². The molecule has 0 bridgehead atoms. The largest absolute Gasteiger partial charge is 0.476 e. The van der Waals surface area contributed by atoms with E-state index in [1.54, 1.807) is 20.8 Å². The van der Waals surface area contributed by atoms with E-state index in [1.807, 2.05) is 0 Å². The number of carboxylic acid groups (broad SMARTS) is 1. The molecule has 1 amide bonds. The highest BCUT2D eigenvalue weighted by molar-refractivity contribution is 5.93. The number of nitrogens with one attached hydrogen (secondary N) is 1. The molecule has 0 saturated carbocycles. The molecule has 0 saturated heterocycles. The highest BCUT2D eigenvalue weighted by Crippen LogP contribution is 2.32. The van der Waals surface area contributed by atoms with Gasteiger partial charge in [0.2, 0.25) is 5.82 Å². The van der Waals surface area contributed by atoms with Gasteiger partial charge in [-0.1, -0.05) is 6.07 Å². The molecule has 0 fully saturated rings. The first kappa shape index (κ1) is 19.5. The second-order valence-corrected chi connectivity index (χ2v) is 6.61. The molecule has 2 rings (SSSR count). The zero-order valence-electron chi connectivity index (χ0n) is 14.6. The fourth-order valence-electron chi connectivity index (χ4n) is 2.39.